The zero-order valence-corrected chi connectivity index (χ0v) is 15.2. The molecule has 1 aromatic rings. The van der Waals surface area contributed by atoms with Crippen molar-refractivity contribution in [2.45, 2.75) is 25.3 Å². The van der Waals surface area contributed by atoms with Crippen molar-refractivity contribution in [3.63, 3.8) is 0 Å². The van der Waals surface area contributed by atoms with E-state index in [1.54, 1.807) is 7.11 Å². The molecular weight excluding hydrogens is 334 g/mol. The third kappa shape index (κ3) is 3.99. The third-order valence-electron chi connectivity index (χ3n) is 4.82. The summed E-state index contributed by atoms with van der Waals surface area (Å²) in [5.41, 5.74) is 1.82. The van der Waals surface area contributed by atoms with Gasteiger partial charge >= 0.3 is 12.0 Å². The molecule has 1 atom stereocenters. The Morgan fingerprint density at radius 1 is 1.23 bits per heavy atom. The van der Waals surface area contributed by atoms with Crippen LogP contribution in [-0.2, 0) is 9.53 Å². The average molecular weight is 359 g/mol. The number of nitrogens with one attached hydrogen (secondary N) is 2. The van der Waals surface area contributed by atoms with Crippen LogP contribution < -0.4 is 15.4 Å². The fourth-order valence-electron chi connectivity index (χ4n) is 3.51. The van der Waals surface area contributed by atoms with Crippen molar-refractivity contribution >= 4 is 12.0 Å². The molecule has 1 unspecified atom stereocenters. The predicted molar refractivity (Wildman–Crippen MR) is 96.7 cm³/mol. The summed E-state index contributed by atoms with van der Waals surface area (Å²) in [5.74, 6) is 0.217. The topological polar surface area (TPSA) is 79.9 Å². The Bertz CT molecular complexity index is 710. The molecule has 140 valence electrons. The quantitative estimate of drug-likeness (QED) is 0.786. The first kappa shape index (κ1) is 18.3. The highest BCUT2D eigenvalue weighted by Crippen LogP contribution is 2.30. The van der Waals surface area contributed by atoms with Crippen molar-refractivity contribution < 1.29 is 19.1 Å². The Morgan fingerprint density at radius 2 is 2.00 bits per heavy atom. The number of hydrogen-bond donors (Lipinski definition) is 2. The van der Waals surface area contributed by atoms with Gasteiger partial charge in [0.15, 0.2) is 0 Å². The Balaban J connectivity index is 1.98. The van der Waals surface area contributed by atoms with Crippen LogP contribution in [0.5, 0.6) is 5.75 Å². The van der Waals surface area contributed by atoms with Crippen LogP contribution in [0.1, 0.15) is 30.9 Å². The van der Waals surface area contributed by atoms with E-state index in [0.717, 1.165) is 31.5 Å². The van der Waals surface area contributed by atoms with Gasteiger partial charge in [-0.2, -0.15) is 0 Å². The lowest BCUT2D eigenvalue weighted by Gasteiger charge is -2.33. The summed E-state index contributed by atoms with van der Waals surface area (Å²) < 4.78 is 10.3. The molecule has 0 radical (unpaired) electrons. The molecule has 1 aromatic carbocycles. The second kappa shape index (κ2) is 8.23. The number of carbonyl (C=O) groups is 2. The molecule has 0 bridgehead atoms. The molecule has 1 fully saturated rings. The van der Waals surface area contributed by atoms with Crippen molar-refractivity contribution in [1.29, 1.82) is 0 Å². The number of ether oxygens (including phenoxy) is 2. The van der Waals surface area contributed by atoms with E-state index in [0.29, 0.717) is 23.6 Å². The number of amides is 2. The highest BCUT2D eigenvalue weighted by atomic mass is 16.5. The standard InChI is InChI=1S/C19H25N3O4/c1-25-14-8-6-7-13(11-14)17-16(18(23)26-2)15(20-19(24)21-17)12-22-9-4-3-5-10-22/h6-8,11,17H,3-5,9-10,12H2,1-2H3,(H2,20,21,24). The number of rotatable bonds is 5. The Kier molecular flexibility index (Phi) is 5.78. The largest absolute Gasteiger partial charge is 0.497 e. The van der Waals surface area contributed by atoms with Gasteiger partial charge in [0, 0.05) is 12.2 Å². The van der Waals surface area contributed by atoms with E-state index in [2.05, 4.69) is 15.5 Å². The third-order valence-corrected chi connectivity index (χ3v) is 4.82. The first-order valence-electron chi connectivity index (χ1n) is 8.87. The van der Waals surface area contributed by atoms with Gasteiger partial charge < -0.3 is 20.1 Å². The van der Waals surface area contributed by atoms with Crippen LogP contribution in [0.25, 0.3) is 0 Å². The molecular formula is C19H25N3O4. The Labute approximate surface area is 153 Å². The summed E-state index contributed by atoms with van der Waals surface area (Å²) in [6, 6.07) is 6.44. The normalized spacial score (nSPS) is 21.0. The van der Waals surface area contributed by atoms with Gasteiger partial charge in [-0.25, -0.2) is 9.59 Å². The summed E-state index contributed by atoms with van der Waals surface area (Å²) in [6.45, 7) is 2.45. The maximum atomic E-state index is 12.5. The van der Waals surface area contributed by atoms with E-state index < -0.39 is 12.0 Å². The molecule has 2 aliphatic rings. The molecule has 0 aliphatic carbocycles. The molecule has 2 amide bonds. The number of methoxy groups -OCH3 is 2. The molecule has 0 aromatic heterocycles. The summed E-state index contributed by atoms with van der Waals surface area (Å²) >= 11 is 0. The van der Waals surface area contributed by atoms with Crippen molar-refractivity contribution in [3.8, 4) is 5.75 Å². The predicted octanol–water partition coefficient (Wildman–Crippen LogP) is 1.96. The number of carbonyl (C=O) groups excluding carboxylic acids is 2. The van der Waals surface area contributed by atoms with Crippen LogP contribution in [0.3, 0.4) is 0 Å². The summed E-state index contributed by atoms with van der Waals surface area (Å²) in [7, 11) is 2.94. The van der Waals surface area contributed by atoms with Gasteiger partial charge in [0.2, 0.25) is 0 Å². The minimum Gasteiger partial charge on any atom is -0.497 e. The minimum absolute atomic E-state index is 0.322. The first-order chi connectivity index (χ1) is 12.6. The van der Waals surface area contributed by atoms with Gasteiger partial charge in [-0.15, -0.1) is 0 Å². The molecule has 2 N–H and O–H groups in total. The molecule has 7 heteroatoms. The fourth-order valence-corrected chi connectivity index (χ4v) is 3.51. The average Bonchev–Trinajstić information content (AvgIpc) is 2.68. The summed E-state index contributed by atoms with van der Waals surface area (Å²) in [4.78, 5) is 27.1. The van der Waals surface area contributed by atoms with Gasteiger partial charge in [0.25, 0.3) is 0 Å². The number of piperidine rings is 1. The van der Waals surface area contributed by atoms with Gasteiger partial charge in [-0.05, 0) is 43.6 Å². The van der Waals surface area contributed by atoms with Crippen LogP contribution in [0.15, 0.2) is 35.5 Å². The smallest absolute Gasteiger partial charge is 0.338 e. The van der Waals surface area contributed by atoms with Gasteiger partial charge in [-0.3, -0.25) is 4.90 Å². The molecule has 1 saturated heterocycles. The zero-order valence-electron chi connectivity index (χ0n) is 15.2. The van der Waals surface area contributed by atoms with E-state index in [9.17, 15) is 9.59 Å². The molecule has 0 saturated carbocycles. The number of nitrogens with zero attached hydrogens (tertiary/aromatic N) is 1. The second-order valence-corrected chi connectivity index (χ2v) is 6.53. The Morgan fingerprint density at radius 3 is 2.69 bits per heavy atom. The van der Waals surface area contributed by atoms with E-state index in [4.69, 9.17) is 9.47 Å². The SMILES string of the molecule is COC(=O)C1=C(CN2CCCCC2)NC(=O)NC1c1cccc(OC)c1. The second-order valence-electron chi connectivity index (χ2n) is 6.53. The lowest BCUT2D eigenvalue weighted by atomic mass is 9.94. The van der Waals surface area contributed by atoms with Crippen LogP contribution in [-0.4, -0.2) is 50.8 Å². The highest BCUT2D eigenvalue weighted by Gasteiger charge is 2.34. The maximum absolute atomic E-state index is 12.5. The van der Waals surface area contributed by atoms with E-state index in [1.165, 1.54) is 13.5 Å². The molecule has 7 nitrogen and oxygen atoms in total. The first-order valence-corrected chi connectivity index (χ1v) is 8.87. The summed E-state index contributed by atoms with van der Waals surface area (Å²) in [6.07, 6.45) is 3.48. The number of benzene rings is 1. The van der Waals surface area contributed by atoms with Crippen molar-refractivity contribution in [1.82, 2.24) is 15.5 Å². The number of hydrogen-bond acceptors (Lipinski definition) is 5. The fraction of sp³-hybridized carbons (Fsp3) is 0.474. The van der Waals surface area contributed by atoms with E-state index in [1.807, 2.05) is 24.3 Å². The van der Waals surface area contributed by atoms with Crippen LogP contribution in [0.4, 0.5) is 4.79 Å². The number of urea groups is 1. The van der Waals surface area contributed by atoms with Crippen molar-refractivity contribution in [3.05, 3.63) is 41.1 Å². The summed E-state index contributed by atoms with van der Waals surface area (Å²) in [5, 5.41) is 5.65. The lowest BCUT2D eigenvalue weighted by molar-refractivity contribution is -0.136. The number of likely N-dealkylation sites (tertiary alicyclic amines) is 1. The molecule has 0 spiro atoms. The van der Waals surface area contributed by atoms with Crippen molar-refractivity contribution in [2.75, 3.05) is 33.9 Å². The molecule has 2 aliphatic heterocycles. The van der Waals surface area contributed by atoms with Crippen LogP contribution in [0.2, 0.25) is 0 Å². The minimum atomic E-state index is -0.578. The zero-order chi connectivity index (χ0) is 18.5. The van der Waals surface area contributed by atoms with Crippen LogP contribution in [0, 0.1) is 0 Å². The molecule has 3 rings (SSSR count). The maximum Gasteiger partial charge on any atom is 0.338 e. The monoisotopic (exact) mass is 359 g/mol. The molecule has 26 heavy (non-hydrogen) atoms. The Hall–Kier alpha value is -2.54. The van der Waals surface area contributed by atoms with E-state index in [-0.39, 0.29) is 6.03 Å². The lowest BCUT2D eigenvalue weighted by Crippen LogP contribution is -2.48. The van der Waals surface area contributed by atoms with Gasteiger partial charge in [0.1, 0.15) is 5.75 Å². The molecule has 2 heterocycles. The van der Waals surface area contributed by atoms with Gasteiger partial charge in [0.05, 0.1) is 25.8 Å². The highest BCUT2D eigenvalue weighted by molar-refractivity contribution is 5.95. The van der Waals surface area contributed by atoms with Crippen molar-refractivity contribution in [2.24, 2.45) is 0 Å². The van der Waals surface area contributed by atoms with Crippen LogP contribution >= 0.6 is 0 Å². The van der Waals surface area contributed by atoms with Gasteiger partial charge in [-0.1, -0.05) is 18.6 Å². The number of esters is 1. The van der Waals surface area contributed by atoms with E-state index >= 15 is 0 Å².